The number of esters is 1. The normalized spacial score (nSPS) is 17.8. The number of rotatable bonds is 8. The van der Waals surface area contributed by atoms with Gasteiger partial charge in [-0.15, -0.1) is 0 Å². The van der Waals surface area contributed by atoms with Crippen LogP contribution in [-0.4, -0.2) is 12.6 Å². The zero-order valence-electron chi connectivity index (χ0n) is 19.2. The molecule has 160 valence electrons. The van der Waals surface area contributed by atoms with Crippen molar-refractivity contribution in [3.05, 3.63) is 94.6 Å². The maximum atomic E-state index is 11.9. The lowest BCUT2D eigenvalue weighted by Crippen LogP contribution is -2.19. The molecule has 0 amide bonds. The summed E-state index contributed by atoms with van der Waals surface area (Å²) in [6, 6.07) is 10.0. The zero-order valence-corrected chi connectivity index (χ0v) is 19.2. The summed E-state index contributed by atoms with van der Waals surface area (Å²) >= 11 is 0. The van der Waals surface area contributed by atoms with E-state index in [0.717, 1.165) is 12.0 Å². The zero-order chi connectivity index (χ0) is 22.0. The van der Waals surface area contributed by atoms with E-state index in [2.05, 4.69) is 45.9 Å². The topological polar surface area (TPSA) is 26.3 Å². The third kappa shape index (κ3) is 8.02. The minimum atomic E-state index is -0.296. The van der Waals surface area contributed by atoms with E-state index >= 15 is 0 Å². The highest BCUT2D eigenvalue weighted by Crippen LogP contribution is 2.40. The standard InChI is InChI=1S/C28H36O2/c1-22(16-17-26-24(3)13-10-19-28(26,4)5)11-9-12-23(2)21-27(29)30-20-18-25-14-7-6-8-15-25/h6-9,11-12,14-17,21H,10,13,18-20H2,1-5H3/b12-9+,17-16+,22-11+,23-21+. The molecule has 1 aromatic carbocycles. The first kappa shape index (κ1) is 23.7. The van der Waals surface area contributed by atoms with Gasteiger partial charge in [-0.05, 0) is 62.2 Å². The van der Waals surface area contributed by atoms with E-state index in [9.17, 15) is 4.79 Å². The SMILES string of the molecule is CC1=C(/C=C/C(C)=C/C=C/C(C)=C/C(=O)OCCc2ccccc2)C(C)(C)CCC1. The van der Waals surface area contributed by atoms with Crippen LogP contribution in [0, 0.1) is 5.41 Å². The van der Waals surface area contributed by atoms with Gasteiger partial charge in [0.05, 0.1) is 6.61 Å². The van der Waals surface area contributed by atoms with Crippen LogP contribution < -0.4 is 0 Å². The van der Waals surface area contributed by atoms with Crippen molar-refractivity contribution >= 4 is 5.97 Å². The van der Waals surface area contributed by atoms with E-state index in [-0.39, 0.29) is 11.4 Å². The fraction of sp³-hybridized carbons (Fsp3) is 0.393. The second-order valence-electron chi connectivity index (χ2n) is 8.83. The first-order valence-corrected chi connectivity index (χ1v) is 10.9. The third-order valence-electron chi connectivity index (χ3n) is 5.60. The highest BCUT2D eigenvalue weighted by atomic mass is 16.5. The Morgan fingerprint density at radius 2 is 1.83 bits per heavy atom. The van der Waals surface area contributed by atoms with Gasteiger partial charge < -0.3 is 4.74 Å². The number of hydrogen-bond donors (Lipinski definition) is 0. The van der Waals surface area contributed by atoms with Crippen molar-refractivity contribution in [1.29, 1.82) is 0 Å². The summed E-state index contributed by atoms with van der Waals surface area (Å²) in [4.78, 5) is 11.9. The summed E-state index contributed by atoms with van der Waals surface area (Å²) in [7, 11) is 0. The van der Waals surface area contributed by atoms with Crippen LogP contribution in [0.4, 0.5) is 0 Å². The third-order valence-corrected chi connectivity index (χ3v) is 5.60. The highest BCUT2D eigenvalue weighted by Gasteiger charge is 2.26. The molecule has 1 aliphatic carbocycles. The molecule has 0 aromatic heterocycles. The van der Waals surface area contributed by atoms with Crippen molar-refractivity contribution in [2.24, 2.45) is 5.41 Å². The summed E-state index contributed by atoms with van der Waals surface area (Å²) in [5.74, 6) is -0.296. The van der Waals surface area contributed by atoms with Crippen LogP contribution >= 0.6 is 0 Å². The van der Waals surface area contributed by atoms with Crippen LogP contribution in [0.15, 0.2) is 89.1 Å². The molecule has 0 N–H and O–H groups in total. The maximum Gasteiger partial charge on any atom is 0.331 e. The molecule has 0 heterocycles. The molecule has 0 radical (unpaired) electrons. The predicted molar refractivity (Wildman–Crippen MR) is 127 cm³/mol. The molecule has 2 heteroatoms. The van der Waals surface area contributed by atoms with Crippen molar-refractivity contribution in [1.82, 2.24) is 0 Å². The van der Waals surface area contributed by atoms with E-state index in [1.165, 1.54) is 41.5 Å². The fourth-order valence-corrected chi connectivity index (χ4v) is 3.82. The number of carbonyl (C=O) groups is 1. The van der Waals surface area contributed by atoms with E-state index in [1.807, 2.05) is 49.4 Å². The molecule has 30 heavy (non-hydrogen) atoms. The Kier molecular flexibility index (Phi) is 9.11. The lowest BCUT2D eigenvalue weighted by molar-refractivity contribution is -0.137. The minimum absolute atomic E-state index is 0.259. The summed E-state index contributed by atoms with van der Waals surface area (Å²) in [6.45, 7) is 11.3. The summed E-state index contributed by atoms with van der Waals surface area (Å²) in [5, 5.41) is 0. The molecule has 0 aliphatic heterocycles. The van der Waals surface area contributed by atoms with Crippen molar-refractivity contribution in [3.63, 3.8) is 0 Å². The van der Waals surface area contributed by atoms with Crippen LogP contribution in [0.5, 0.6) is 0 Å². The smallest absolute Gasteiger partial charge is 0.331 e. The second kappa shape index (κ2) is 11.5. The quantitative estimate of drug-likeness (QED) is 0.258. The molecular formula is C28H36O2. The van der Waals surface area contributed by atoms with Crippen LogP contribution in [0.25, 0.3) is 0 Å². The number of ether oxygens (including phenoxy) is 1. The molecule has 0 bridgehead atoms. The summed E-state index contributed by atoms with van der Waals surface area (Å²) < 4.78 is 5.30. The van der Waals surface area contributed by atoms with Gasteiger partial charge in [-0.25, -0.2) is 4.79 Å². The molecule has 0 saturated carbocycles. The van der Waals surface area contributed by atoms with E-state index in [4.69, 9.17) is 4.74 Å². The molecule has 2 rings (SSSR count). The van der Waals surface area contributed by atoms with Crippen molar-refractivity contribution < 1.29 is 9.53 Å². The Bertz CT molecular complexity index is 861. The van der Waals surface area contributed by atoms with Gasteiger partial charge in [-0.1, -0.05) is 85.7 Å². The lowest BCUT2D eigenvalue weighted by Gasteiger charge is -2.32. The number of allylic oxidation sites excluding steroid dienone is 9. The van der Waals surface area contributed by atoms with Crippen LogP contribution in [0.1, 0.15) is 59.4 Å². The average molecular weight is 405 g/mol. The molecule has 1 aromatic rings. The van der Waals surface area contributed by atoms with Gasteiger partial charge in [0.1, 0.15) is 0 Å². The van der Waals surface area contributed by atoms with Crippen LogP contribution in [-0.2, 0) is 16.0 Å². The van der Waals surface area contributed by atoms with Gasteiger partial charge in [0.25, 0.3) is 0 Å². The van der Waals surface area contributed by atoms with Crippen LogP contribution in [0.3, 0.4) is 0 Å². The monoisotopic (exact) mass is 404 g/mol. The Hall–Kier alpha value is -2.61. The molecule has 1 aliphatic rings. The second-order valence-corrected chi connectivity index (χ2v) is 8.83. The summed E-state index contributed by atoms with van der Waals surface area (Å²) in [5.41, 5.74) is 6.47. The fourth-order valence-electron chi connectivity index (χ4n) is 3.82. The van der Waals surface area contributed by atoms with Crippen molar-refractivity contribution in [2.75, 3.05) is 6.61 Å². The Labute approximate surface area is 182 Å². The first-order chi connectivity index (χ1) is 14.3. The molecule has 0 atom stereocenters. The lowest BCUT2D eigenvalue weighted by atomic mass is 9.72. The van der Waals surface area contributed by atoms with E-state index in [1.54, 1.807) is 6.08 Å². The molecule has 2 nitrogen and oxygen atoms in total. The Morgan fingerprint density at radius 1 is 1.10 bits per heavy atom. The largest absolute Gasteiger partial charge is 0.462 e. The summed E-state index contributed by atoms with van der Waals surface area (Å²) in [6.07, 6.45) is 16.5. The van der Waals surface area contributed by atoms with Gasteiger partial charge >= 0.3 is 5.97 Å². The predicted octanol–water partition coefficient (Wildman–Crippen LogP) is 7.30. The number of hydrogen-bond acceptors (Lipinski definition) is 2. The molecule has 0 saturated heterocycles. The first-order valence-electron chi connectivity index (χ1n) is 10.9. The van der Waals surface area contributed by atoms with Crippen molar-refractivity contribution in [2.45, 2.75) is 60.3 Å². The van der Waals surface area contributed by atoms with E-state index < -0.39 is 0 Å². The number of benzene rings is 1. The molecule has 0 fully saturated rings. The molecule has 0 spiro atoms. The number of carbonyl (C=O) groups excluding carboxylic acids is 1. The Morgan fingerprint density at radius 3 is 2.53 bits per heavy atom. The average Bonchev–Trinajstić information content (AvgIpc) is 2.68. The van der Waals surface area contributed by atoms with Crippen molar-refractivity contribution in [3.8, 4) is 0 Å². The van der Waals surface area contributed by atoms with Gasteiger partial charge in [-0.2, -0.15) is 0 Å². The minimum Gasteiger partial charge on any atom is -0.462 e. The Balaban J connectivity index is 1.85. The van der Waals surface area contributed by atoms with Gasteiger partial charge in [0.15, 0.2) is 0 Å². The molecular weight excluding hydrogens is 368 g/mol. The highest BCUT2D eigenvalue weighted by molar-refractivity contribution is 5.83. The van der Waals surface area contributed by atoms with Crippen LogP contribution in [0.2, 0.25) is 0 Å². The van der Waals surface area contributed by atoms with Gasteiger partial charge in [-0.3, -0.25) is 0 Å². The van der Waals surface area contributed by atoms with Gasteiger partial charge in [0.2, 0.25) is 0 Å². The maximum absolute atomic E-state index is 11.9. The van der Waals surface area contributed by atoms with Gasteiger partial charge in [0, 0.05) is 12.5 Å². The molecule has 0 unspecified atom stereocenters. The van der Waals surface area contributed by atoms with E-state index in [0.29, 0.717) is 6.61 Å².